The number of halogens is 3. The number of nitrogens with one attached hydrogen (secondary N) is 1. The quantitative estimate of drug-likeness (QED) is 0.403. The maximum Gasteiger partial charge on any atom is 0.492 e. The molecule has 0 aromatic heterocycles. The largest absolute Gasteiger partial charge is 0.492 e. The molecule has 3 rings (SSSR count). The summed E-state index contributed by atoms with van der Waals surface area (Å²) in [6.07, 6.45) is 0.997. The van der Waals surface area contributed by atoms with E-state index in [4.69, 9.17) is 37.2 Å². The molecule has 9 heteroatoms. The zero-order chi connectivity index (χ0) is 23.5. The highest BCUT2D eigenvalue weighted by Crippen LogP contribution is 2.39. The predicted octanol–water partition coefficient (Wildman–Crippen LogP) is 6.07. The van der Waals surface area contributed by atoms with Crippen LogP contribution in [0.25, 0.3) is 6.08 Å². The van der Waals surface area contributed by atoms with Crippen molar-refractivity contribution in [2.75, 3.05) is 6.54 Å². The van der Waals surface area contributed by atoms with Crippen LogP contribution in [0.15, 0.2) is 47.9 Å². The number of amides is 1. The van der Waals surface area contributed by atoms with Crippen molar-refractivity contribution < 1.29 is 23.2 Å². The molecule has 1 fully saturated rings. The molecule has 0 atom stereocenters. The van der Waals surface area contributed by atoms with Gasteiger partial charge in [0.15, 0.2) is 0 Å². The molecule has 0 unspecified atom stereocenters. The van der Waals surface area contributed by atoms with E-state index in [-0.39, 0.29) is 23.2 Å². The maximum atomic E-state index is 14.1. The van der Waals surface area contributed by atoms with Gasteiger partial charge in [0.1, 0.15) is 12.4 Å². The van der Waals surface area contributed by atoms with E-state index in [2.05, 4.69) is 5.32 Å². The van der Waals surface area contributed by atoms with E-state index in [1.54, 1.807) is 6.08 Å². The normalized spacial score (nSPS) is 17.3. The summed E-state index contributed by atoms with van der Waals surface area (Å²) >= 11 is 12.1. The van der Waals surface area contributed by atoms with Gasteiger partial charge in [-0.15, -0.1) is 0 Å². The Kier molecular flexibility index (Phi) is 7.55. The predicted molar refractivity (Wildman–Crippen MR) is 125 cm³/mol. The minimum atomic E-state index is -0.785. The number of hydrogen-bond donors (Lipinski definition) is 1. The molecular formula is C23H25BCl2FNO4. The molecule has 170 valence electrons. The molecule has 1 amide bonds. The molecule has 0 bridgehead atoms. The highest BCUT2D eigenvalue weighted by molar-refractivity contribution is 6.56. The van der Waals surface area contributed by atoms with Gasteiger partial charge in [0.05, 0.1) is 16.2 Å². The Hall–Kier alpha value is -2.06. The number of benzene rings is 2. The third-order valence-corrected chi connectivity index (χ3v) is 6.18. The topological polar surface area (TPSA) is 56.8 Å². The summed E-state index contributed by atoms with van der Waals surface area (Å²) in [5, 5.41) is 2.80. The van der Waals surface area contributed by atoms with Gasteiger partial charge in [-0.3, -0.25) is 0 Å². The Morgan fingerprint density at radius 1 is 1.12 bits per heavy atom. The first-order valence-corrected chi connectivity index (χ1v) is 10.9. The van der Waals surface area contributed by atoms with E-state index < -0.39 is 30.2 Å². The molecule has 1 saturated heterocycles. The third-order valence-electron chi connectivity index (χ3n) is 5.57. The van der Waals surface area contributed by atoms with E-state index in [1.807, 2.05) is 58.0 Å². The third kappa shape index (κ3) is 5.84. The van der Waals surface area contributed by atoms with Gasteiger partial charge in [-0.1, -0.05) is 59.6 Å². The van der Waals surface area contributed by atoms with Crippen molar-refractivity contribution in [3.63, 3.8) is 0 Å². The number of hydrogen-bond acceptors (Lipinski definition) is 4. The number of carbonyl (C=O) groups excluding carboxylic acids is 1. The van der Waals surface area contributed by atoms with Crippen LogP contribution in [-0.2, 0) is 20.7 Å². The highest BCUT2D eigenvalue weighted by atomic mass is 35.5. The van der Waals surface area contributed by atoms with Crippen molar-refractivity contribution in [1.29, 1.82) is 0 Å². The van der Waals surface area contributed by atoms with Gasteiger partial charge in [-0.2, -0.15) is 0 Å². The Bertz CT molecular complexity index is 999. The zero-order valence-electron chi connectivity index (χ0n) is 18.4. The smallest absolute Gasteiger partial charge is 0.445 e. The van der Waals surface area contributed by atoms with Gasteiger partial charge in [-0.05, 0) is 56.4 Å². The Morgan fingerprint density at radius 3 is 2.38 bits per heavy atom. The standard InChI is InChI=1S/C23H25BCl2FNO4/c1-22(2)23(3,4)32-24(31-22)17(10-16-11-18(25)12-19(27)20(16)26)13-28-21(29)30-14-15-8-6-5-7-9-15/h5-12H,13-14H2,1-4H3,(H,28,29). The average Bonchev–Trinajstić information content (AvgIpc) is 2.94. The maximum absolute atomic E-state index is 14.1. The van der Waals surface area contributed by atoms with Gasteiger partial charge in [0.2, 0.25) is 0 Å². The van der Waals surface area contributed by atoms with Crippen LogP contribution < -0.4 is 5.32 Å². The number of alkyl carbamates (subject to hydrolysis) is 1. The Balaban J connectivity index is 1.79. The molecule has 0 saturated carbocycles. The van der Waals surface area contributed by atoms with Crippen LogP contribution in [0.3, 0.4) is 0 Å². The molecule has 1 heterocycles. The number of ether oxygens (including phenoxy) is 1. The second-order valence-electron chi connectivity index (χ2n) is 8.51. The fourth-order valence-electron chi connectivity index (χ4n) is 3.03. The first-order valence-electron chi connectivity index (χ1n) is 10.1. The van der Waals surface area contributed by atoms with Crippen molar-refractivity contribution in [3.8, 4) is 0 Å². The Labute approximate surface area is 198 Å². The molecule has 1 N–H and O–H groups in total. The summed E-state index contributed by atoms with van der Waals surface area (Å²) in [4.78, 5) is 12.3. The summed E-state index contributed by atoms with van der Waals surface area (Å²) in [6, 6.07) is 12.0. The van der Waals surface area contributed by atoms with Gasteiger partial charge in [0, 0.05) is 11.6 Å². The van der Waals surface area contributed by atoms with Crippen LogP contribution in [-0.4, -0.2) is 31.0 Å². The second kappa shape index (κ2) is 9.83. The van der Waals surface area contributed by atoms with Crippen molar-refractivity contribution >= 4 is 42.5 Å². The van der Waals surface area contributed by atoms with Gasteiger partial charge < -0.3 is 19.4 Å². The van der Waals surface area contributed by atoms with Crippen LogP contribution in [0.1, 0.15) is 38.8 Å². The zero-order valence-corrected chi connectivity index (χ0v) is 19.9. The fourth-order valence-corrected chi connectivity index (χ4v) is 3.40. The summed E-state index contributed by atoms with van der Waals surface area (Å²) in [6.45, 7) is 7.83. The number of rotatable bonds is 6. The lowest BCUT2D eigenvalue weighted by Gasteiger charge is -2.32. The van der Waals surface area contributed by atoms with Crippen LogP contribution >= 0.6 is 23.2 Å². The Morgan fingerprint density at radius 2 is 1.75 bits per heavy atom. The molecule has 2 aromatic rings. The molecule has 0 aliphatic carbocycles. The van der Waals surface area contributed by atoms with Crippen LogP contribution in [0.5, 0.6) is 0 Å². The molecule has 0 spiro atoms. The van der Waals surface area contributed by atoms with E-state index in [1.165, 1.54) is 6.07 Å². The molecule has 1 aliphatic rings. The van der Waals surface area contributed by atoms with Crippen LogP contribution in [0.2, 0.25) is 10.0 Å². The van der Waals surface area contributed by atoms with Crippen LogP contribution in [0, 0.1) is 5.82 Å². The summed E-state index contributed by atoms with van der Waals surface area (Å²) in [5.74, 6) is -0.645. The highest BCUT2D eigenvalue weighted by Gasteiger charge is 2.52. The van der Waals surface area contributed by atoms with E-state index >= 15 is 0 Å². The molecule has 5 nitrogen and oxygen atoms in total. The molecule has 0 radical (unpaired) electrons. The fraction of sp³-hybridized carbons (Fsp3) is 0.348. The lowest BCUT2D eigenvalue weighted by Crippen LogP contribution is -2.41. The SMILES string of the molecule is CC1(C)OB(C(=Cc2cc(Cl)cc(F)c2Cl)CNC(=O)OCc2ccccc2)OC1(C)C. The summed E-state index contributed by atoms with van der Waals surface area (Å²) < 4.78 is 31.6. The molecule has 32 heavy (non-hydrogen) atoms. The van der Waals surface area contributed by atoms with Crippen molar-refractivity contribution in [2.24, 2.45) is 0 Å². The van der Waals surface area contributed by atoms with Gasteiger partial charge >= 0.3 is 13.2 Å². The first-order chi connectivity index (χ1) is 15.0. The monoisotopic (exact) mass is 479 g/mol. The summed E-state index contributed by atoms with van der Waals surface area (Å²) in [5.41, 5.74) is 0.539. The average molecular weight is 480 g/mol. The van der Waals surface area contributed by atoms with E-state index in [0.29, 0.717) is 11.0 Å². The van der Waals surface area contributed by atoms with Crippen molar-refractivity contribution in [2.45, 2.75) is 45.5 Å². The first kappa shape index (κ1) is 24.6. The van der Waals surface area contributed by atoms with E-state index in [9.17, 15) is 9.18 Å². The molecule has 2 aromatic carbocycles. The van der Waals surface area contributed by atoms with Crippen molar-refractivity contribution in [1.82, 2.24) is 5.32 Å². The lowest BCUT2D eigenvalue weighted by atomic mass is 9.77. The van der Waals surface area contributed by atoms with Gasteiger partial charge in [-0.25, -0.2) is 9.18 Å². The van der Waals surface area contributed by atoms with Crippen LogP contribution in [0.4, 0.5) is 9.18 Å². The van der Waals surface area contributed by atoms with Crippen molar-refractivity contribution in [3.05, 3.63) is 74.9 Å². The summed E-state index contributed by atoms with van der Waals surface area (Å²) in [7, 11) is -0.785. The minimum absolute atomic E-state index is 0.0366. The number of carbonyl (C=O) groups is 1. The van der Waals surface area contributed by atoms with Gasteiger partial charge in [0.25, 0.3) is 0 Å². The second-order valence-corrected chi connectivity index (χ2v) is 9.33. The van der Waals surface area contributed by atoms with E-state index in [0.717, 1.165) is 11.6 Å². The minimum Gasteiger partial charge on any atom is -0.445 e. The molecular weight excluding hydrogens is 455 g/mol. The lowest BCUT2D eigenvalue weighted by molar-refractivity contribution is 0.00578. The molecule has 1 aliphatic heterocycles.